The van der Waals surface area contributed by atoms with Gasteiger partial charge in [-0.25, -0.2) is 8.42 Å². The second-order valence-electron chi connectivity index (χ2n) is 10.00. The van der Waals surface area contributed by atoms with E-state index in [1.165, 1.54) is 23.6 Å². The van der Waals surface area contributed by atoms with Crippen molar-refractivity contribution in [1.82, 2.24) is 5.32 Å². The van der Waals surface area contributed by atoms with Crippen LogP contribution in [0.25, 0.3) is 0 Å². The molecule has 33 heavy (non-hydrogen) atoms. The lowest BCUT2D eigenvalue weighted by Crippen LogP contribution is -2.61. The number of hydrogen-bond acceptors (Lipinski definition) is 4. The van der Waals surface area contributed by atoms with E-state index in [0.717, 1.165) is 19.3 Å². The molecule has 2 aromatic rings. The number of carbonyl (C=O) groups excluding carboxylic acids is 1. The fourth-order valence-corrected chi connectivity index (χ4v) is 8.08. The Morgan fingerprint density at radius 3 is 2.09 bits per heavy atom. The molecule has 6 nitrogen and oxygen atoms in total. The molecule has 0 saturated heterocycles. The lowest BCUT2D eigenvalue weighted by molar-refractivity contribution is -0.125. The first-order valence-electron chi connectivity index (χ1n) is 12.0. The van der Waals surface area contributed by atoms with E-state index in [1.54, 1.807) is 54.6 Å². The van der Waals surface area contributed by atoms with Crippen molar-refractivity contribution in [3.05, 3.63) is 54.6 Å². The monoisotopic (exact) mass is 468 g/mol. The Morgan fingerprint density at radius 2 is 1.55 bits per heavy atom. The van der Waals surface area contributed by atoms with Crippen molar-refractivity contribution < 1.29 is 17.9 Å². The minimum Gasteiger partial charge on any atom is -0.494 e. The van der Waals surface area contributed by atoms with Gasteiger partial charge in [-0.3, -0.25) is 9.10 Å². The number of rotatable bonds is 8. The molecule has 0 atom stereocenters. The van der Waals surface area contributed by atoms with E-state index in [9.17, 15) is 13.2 Å². The standard InChI is InChI=1S/C26H32N2O4S/c1-2-32-23-10-8-22(9-11-23)28(33(30,31)24-6-4-3-5-7-24)18-25(29)27-26-15-19-12-20(16-26)14-21(13-19)17-26/h3-11,19-21H,2,12-18H2,1H3,(H,27,29). The predicted octanol–water partition coefficient (Wildman–Crippen LogP) is 4.37. The van der Waals surface area contributed by atoms with E-state index in [-0.39, 0.29) is 22.9 Å². The van der Waals surface area contributed by atoms with E-state index in [2.05, 4.69) is 5.32 Å². The van der Waals surface area contributed by atoms with Crippen molar-refractivity contribution >= 4 is 21.6 Å². The number of carbonyl (C=O) groups is 1. The Labute approximate surface area is 196 Å². The number of anilines is 1. The van der Waals surface area contributed by atoms with E-state index in [4.69, 9.17) is 4.74 Å². The summed E-state index contributed by atoms with van der Waals surface area (Å²) in [6, 6.07) is 15.2. The van der Waals surface area contributed by atoms with Crippen LogP contribution in [0, 0.1) is 17.8 Å². The number of benzene rings is 2. The van der Waals surface area contributed by atoms with Crippen LogP contribution in [0.15, 0.2) is 59.5 Å². The summed E-state index contributed by atoms with van der Waals surface area (Å²) < 4.78 is 33.8. The molecule has 0 radical (unpaired) electrons. The quantitative estimate of drug-likeness (QED) is 0.624. The molecule has 0 aromatic heterocycles. The van der Waals surface area contributed by atoms with Crippen LogP contribution in [0.2, 0.25) is 0 Å². The molecule has 4 aliphatic carbocycles. The number of sulfonamides is 1. The summed E-state index contributed by atoms with van der Waals surface area (Å²) in [7, 11) is -3.91. The Morgan fingerprint density at radius 1 is 0.970 bits per heavy atom. The smallest absolute Gasteiger partial charge is 0.264 e. The van der Waals surface area contributed by atoms with Gasteiger partial charge in [0, 0.05) is 5.54 Å². The van der Waals surface area contributed by atoms with Gasteiger partial charge in [0.05, 0.1) is 17.2 Å². The molecule has 4 bridgehead atoms. The molecule has 6 rings (SSSR count). The summed E-state index contributed by atoms with van der Waals surface area (Å²) in [5.41, 5.74) is 0.287. The Bertz CT molecular complexity index is 1060. The molecule has 0 unspecified atom stereocenters. The van der Waals surface area contributed by atoms with Crippen molar-refractivity contribution in [1.29, 1.82) is 0 Å². The van der Waals surface area contributed by atoms with Crippen LogP contribution in [0.4, 0.5) is 5.69 Å². The first-order valence-corrected chi connectivity index (χ1v) is 13.4. The summed E-state index contributed by atoms with van der Waals surface area (Å²) >= 11 is 0. The highest BCUT2D eigenvalue weighted by atomic mass is 32.2. The lowest BCUT2D eigenvalue weighted by atomic mass is 9.53. The van der Waals surface area contributed by atoms with Crippen molar-refractivity contribution in [3.8, 4) is 5.75 Å². The molecule has 4 aliphatic rings. The van der Waals surface area contributed by atoms with Gasteiger partial charge in [0.2, 0.25) is 5.91 Å². The average Bonchev–Trinajstić information content (AvgIpc) is 2.78. The van der Waals surface area contributed by atoms with Gasteiger partial charge in [-0.2, -0.15) is 0 Å². The zero-order chi connectivity index (χ0) is 23.1. The van der Waals surface area contributed by atoms with Gasteiger partial charge in [-0.05, 0) is 99.6 Å². The fraction of sp³-hybridized carbons (Fsp3) is 0.500. The highest BCUT2D eigenvalue weighted by Crippen LogP contribution is 2.55. The van der Waals surface area contributed by atoms with Gasteiger partial charge >= 0.3 is 0 Å². The number of nitrogens with zero attached hydrogens (tertiary/aromatic N) is 1. The molecule has 176 valence electrons. The van der Waals surface area contributed by atoms with Gasteiger partial charge in [0.15, 0.2) is 0 Å². The molecule has 2 aromatic carbocycles. The Hall–Kier alpha value is -2.54. The van der Waals surface area contributed by atoms with Crippen molar-refractivity contribution in [2.75, 3.05) is 17.5 Å². The van der Waals surface area contributed by atoms with Crippen LogP contribution in [0.5, 0.6) is 5.75 Å². The van der Waals surface area contributed by atoms with Crippen LogP contribution in [0.3, 0.4) is 0 Å². The van der Waals surface area contributed by atoms with E-state index in [0.29, 0.717) is 35.8 Å². The van der Waals surface area contributed by atoms with E-state index in [1.807, 2.05) is 6.92 Å². The molecule has 4 saturated carbocycles. The van der Waals surface area contributed by atoms with Crippen LogP contribution in [-0.4, -0.2) is 33.0 Å². The minimum absolute atomic E-state index is 0.160. The highest BCUT2D eigenvalue weighted by Gasteiger charge is 2.51. The van der Waals surface area contributed by atoms with Crippen molar-refractivity contribution in [2.24, 2.45) is 17.8 Å². The van der Waals surface area contributed by atoms with Gasteiger partial charge in [-0.15, -0.1) is 0 Å². The summed E-state index contributed by atoms with van der Waals surface area (Å²) in [4.78, 5) is 13.5. The predicted molar refractivity (Wildman–Crippen MR) is 128 cm³/mol. The van der Waals surface area contributed by atoms with Gasteiger partial charge < -0.3 is 10.1 Å². The zero-order valence-electron chi connectivity index (χ0n) is 19.1. The SMILES string of the molecule is CCOc1ccc(N(CC(=O)NC23CC4CC(CC(C4)C2)C3)S(=O)(=O)c2ccccc2)cc1. The fourth-order valence-electron chi connectivity index (χ4n) is 6.64. The van der Waals surface area contributed by atoms with Crippen LogP contribution >= 0.6 is 0 Å². The number of nitrogens with one attached hydrogen (secondary N) is 1. The molecule has 1 N–H and O–H groups in total. The van der Waals surface area contributed by atoms with Gasteiger partial charge in [0.25, 0.3) is 10.0 Å². The molecule has 1 amide bonds. The first-order chi connectivity index (χ1) is 15.9. The molecule has 0 aliphatic heterocycles. The zero-order valence-corrected chi connectivity index (χ0v) is 19.9. The average molecular weight is 469 g/mol. The van der Waals surface area contributed by atoms with Crippen LogP contribution in [0.1, 0.15) is 45.4 Å². The topological polar surface area (TPSA) is 75.7 Å². The number of ether oxygens (including phenoxy) is 1. The lowest BCUT2D eigenvalue weighted by Gasteiger charge is -2.57. The number of amides is 1. The summed E-state index contributed by atoms with van der Waals surface area (Å²) in [5.74, 6) is 2.53. The highest BCUT2D eigenvalue weighted by molar-refractivity contribution is 7.92. The summed E-state index contributed by atoms with van der Waals surface area (Å²) in [5, 5.41) is 3.31. The third-order valence-electron chi connectivity index (χ3n) is 7.50. The van der Waals surface area contributed by atoms with Crippen LogP contribution < -0.4 is 14.4 Å². The van der Waals surface area contributed by atoms with Crippen molar-refractivity contribution in [3.63, 3.8) is 0 Å². The Kier molecular flexibility index (Phi) is 5.85. The third kappa shape index (κ3) is 4.47. The van der Waals surface area contributed by atoms with E-state index < -0.39 is 10.0 Å². The molecule has 0 heterocycles. The minimum atomic E-state index is -3.91. The van der Waals surface area contributed by atoms with Gasteiger partial charge in [-0.1, -0.05) is 18.2 Å². The summed E-state index contributed by atoms with van der Waals surface area (Å²) in [6.45, 7) is 2.18. The Balaban J connectivity index is 1.40. The van der Waals surface area contributed by atoms with E-state index >= 15 is 0 Å². The number of hydrogen-bond donors (Lipinski definition) is 1. The normalized spacial score (nSPS) is 27.8. The largest absolute Gasteiger partial charge is 0.494 e. The molecule has 7 heteroatoms. The maximum Gasteiger partial charge on any atom is 0.264 e. The summed E-state index contributed by atoms with van der Waals surface area (Å²) in [6.07, 6.45) is 6.94. The molecular formula is C26H32N2O4S. The molecule has 4 fully saturated rings. The molecular weight excluding hydrogens is 436 g/mol. The van der Waals surface area contributed by atoms with Gasteiger partial charge in [0.1, 0.15) is 12.3 Å². The maximum absolute atomic E-state index is 13.6. The second kappa shape index (κ2) is 8.67. The molecule has 0 spiro atoms. The second-order valence-corrected chi connectivity index (χ2v) is 11.9. The van der Waals surface area contributed by atoms with Crippen molar-refractivity contribution in [2.45, 2.75) is 55.9 Å². The van der Waals surface area contributed by atoms with Crippen LogP contribution in [-0.2, 0) is 14.8 Å². The third-order valence-corrected chi connectivity index (χ3v) is 9.29. The maximum atomic E-state index is 13.6. The first kappa shape index (κ1) is 22.3.